The van der Waals surface area contributed by atoms with Gasteiger partial charge in [0.05, 0.1) is 0 Å². The van der Waals surface area contributed by atoms with E-state index < -0.39 is 18.8 Å². The largest absolute Gasteiger partial charge is 0.415 e. The second-order valence-electron chi connectivity index (χ2n) is 4.10. The van der Waals surface area contributed by atoms with Crippen LogP contribution in [0, 0.1) is 0 Å². The normalized spacial score (nSPS) is 18.5. The van der Waals surface area contributed by atoms with Crippen molar-refractivity contribution in [3.63, 3.8) is 0 Å². The molecule has 1 saturated heterocycles. The van der Waals surface area contributed by atoms with Crippen molar-refractivity contribution >= 4 is 5.91 Å². The minimum atomic E-state index is -4.61. The maximum Gasteiger partial charge on any atom is 0.415 e. The first-order chi connectivity index (χ1) is 7.91. The number of nitrogens with zero attached hydrogens (tertiary/aromatic N) is 1. The molecule has 0 aromatic rings. The van der Waals surface area contributed by atoms with Gasteiger partial charge in [0, 0.05) is 32.6 Å². The van der Waals surface area contributed by atoms with Gasteiger partial charge >= 0.3 is 6.18 Å². The Morgan fingerprint density at radius 3 is 2.47 bits per heavy atom. The molecule has 7 heteroatoms. The van der Waals surface area contributed by atoms with Crippen molar-refractivity contribution in [3.8, 4) is 0 Å². The lowest BCUT2D eigenvalue weighted by molar-refractivity contribution is -0.201. The Hall–Kier alpha value is -0.820. The van der Waals surface area contributed by atoms with Crippen LogP contribution in [0.1, 0.15) is 19.3 Å². The molecule has 1 fully saturated rings. The van der Waals surface area contributed by atoms with Gasteiger partial charge in [0.15, 0.2) is 6.10 Å². The second kappa shape index (κ2) is 6.20. The number of hydrogen-bond donors (Lipinski definition) is 2. The zero-order valence-electron chi connectivity index (χ0n) is 9.46. The third-order valence-electron chi connectivity index (χ3n) is 2.69. The Balaban J connectivity index is 2.09. The minimum Gasteiger partial charge on any atom is -0.382 e. The van der Waals surface area contributed by atoms with Crippen molar-refractivity contribution in [3.05, 3.63) is 0 Å². The number of rotatable bonds is 5. The number of likely N-dealkylation sites (tertiary alicyclic amines) is 1. The van der Waals surface area contributed by atoms with E-state index in [9.17, 15) is 18.0 Å². The molecule has 4 nitrogen and oxygen atoms in total. The molecule has 1 unspecified atom stereocenters. The zero-order chi connectivity index (χ0) is 12.9. The standard InChI is InChI=1S/C10H17F3N2O2/c11-10(12,13)8(16)7-14-4-3-9(17)15-5-1-2-6-15/h8,14,16H,1-7H2. The molecule has 0 radical (unpaired) electrons. The number of amides is 1. The monoisotopic (exact) mass is 254 g/mol. The van der Waals surface area contributed by atoms with Crippen LogP contribution in [0.3, 0.4) is 0 Å². The van der Waals surface area contributed by atoms with Crippen LogP contribution in [-0.4, -0.2) is 54.4 Å². The summed E-state index contributed by atoms with van der Waals surface area (Å²) >= 11 is 0. The molecule has 1 amide bonds. The molecular weight excluding hydrogens is 237 g/mol. The Morgan fingerprint density at radius 2 is 1.94 bits per heavy atom. The van der Waals surface area contributed by atoms with E-state index in [0.29, 0.717) is 0 Å². The van der Waals surface area contributed by atoms with Gasteiger partial charge < -0.3 is 15.3 Å². The highest BCUT2D eigenvalue weighted by molar-refractivity contribution is 5.76. The molecule has 100 valence electrons. The van der Waals surface area contributed by atoms with E-state index in [1.807, 2.05) is 0 Å². The average molecular weight is 254 g/mol. The number of aliphatic hydroxyl groups excluding tert-OH is 1. The van der Waals surface area contributed by atoms with Crippen LogP contribution in [-0.2, 0) is 4.79 Å². The molecule has 1 heterocycles. The number of hydrogen-bond acceptors (Lipinski definition) is 3. The first-order valence-electron chi connectivity index (χ1n) is 5.64. The molecule has 0 aromatic carbocycles. The van der Waals surface area contributed by atoms with E-state index in [0.717, 1.165) is 25.9 Å². The van der Waals surface area contributed by atoms with Gasteiger partial charge in [0.2, 0.25) is 5.91 Å². The lowest BCUT2D eigenvalue weighted by Crippen LogP contribution is -2.39. The molecule has 0 bridgehead atoms. The van der Waals surface area contributed by atoms with E-state index in [1.165, 1.54) is 0 Å². The van der Waals surface area contributed by atoms with Crippen LogP contribution >= 0.6 is 0 Å². The summed E-state index contributed by atoms with van der Waals surface area (Å²) in [5.41, 5.74) is 0. The molecule has 0 aliphatic carbocycles. The van der Waals surface area contributed by atoms with Crippen LogP contribution in [0.2, 0.25) is 0 Å². The topological polar surface area (TPSA) is 52.6 Å². The molecule has 0 saturated carbocycles. The number of halogens is 3. The Morgan fingerprint density at radius 1 is 1.35 bits per heavy atom. The Labute approximate surface area is 97.8 Å². The fourth-order valence-electron chi connectivity index (χ4n) is 1.67. The predicted molar refractivity (Wildman–Crippen MR) is 55.4 cm³/mol. The molecule has 2 N–H and O–H groups in total. The van der Waals surface area contributed by atoms with E-state index in [2.05, 4.69) is 5.32 Å². The van der Waals surface area contributed by atoms with E-state index in [1.54, 1.807) is 4.90 Å². The van der Waals surface area contributed by atoms with Gasteiger partial charge in [0.25, 0.3) is 0 Å². The van der Waals surface area contributed by atoms with Gasteiger partial charge in [0.1, 0.15) is 0 Å². The SMILES string of the molecule is O=C(CCNCC(O)C(F)(F)F)N1CCCC1. The van der Waals surface area contributed by atoms with E-state index in [-0.39, 0.29) is 18.9 Å². The summed E-state index contributed by atoms with van der Waals surface area (Å²) in [4.78, 5) is 13.2. The average Bonchev–Trinajstić information content (AvgIpc) is 2.75. The highest BCUT2D eigenvalue weighted by Gasteiger charge is 2.37. The van der Waals surface area contributed by atoms with Crippen molar-refractivity contribution in [2.45, 2.75) is 31.5 Å². The summed E-state index contributed by atoms with van der Waals surface area (Å²) in [6.07, 6.45) is -4.82. The Bertz CT molecular complexity index is 252. The molecule has 0 aromatic heterocycles. The minimum absolute atomic E-state index is 0.0449. The number of carbonyl (C=O) groups excluding carboxylic acids is 1. The zero-order valence-corrected chi connectivity index (χ0v) is 9.46. The maximum absolute atomic E-state index is 11.9. The third-order valence-corrected chi connectivity index (χ3v) is 2.69. The molecule has 1 atom stereocenters. The second-order valence-corrected chi connectivity index (χ2v) is 4.10. The van der Waals surface area contributed by atoms with E-state index in [4.69, 9.17) is 5.11 Å². The highest BCUT2D eigenvalue weighted by Crippen LogP contribution is 2.19. The number of aliphatic hydroxyl groups is 1. The summed E-state index contributed by atoms with van der Waals surface area (Å²) in [6.45, 7) is 1.06. The van der Waals surface area contributed by atoms with Crippen LogP contribution in [0.15, 0.2) is 0 Å². The van der Waals surface area contributed by atoms with Crippen molar-refractivity contribution in [2.24, 2.45) is 0 Å². The van der Waals surface area contributed by atoms with Crippen LogP contribution < -0.4 is 5.32 Å². The summed E-state index contributed by atoms with van der Waals surface area (Å²) < 4.78 is 35.7. The quantitative estimate of drug-likeness (QED) is 0.703. The predicted octanol–water partition coefficient (Wildman–Crippen LogP) is 0.512. The van der Waals surface area contributed by atoms with Crippen LogP contribution in [0.25, 0.3) is 0 Å². The van der Waals surface area contributed by atoms with Crippen molar-refractivity contribution in [1.29, 1.82) is 0 Å². The highest BCUT2D eigenvalue weighted by atomic mass is 19.4. The number of alkyl halides is 3. The van der Waals surface area contributed by atoms with Gasteiger partial charge in [-0.2, -0.15) is 13.2 Å². The molecule has 17 heavy (non-hydrogen) atoms. The molecule has 1 rings (SSSR count). The molecule has 1 aliphatic rings. The smallest absolute Gasteiger partial charge is 0.382 e. The number of nitrogens with one attached hydrogen (secondary N) is 1. The van der Waals surface area contributed by atoms with Crippen LogP contribution in [0.5, 0.6) is 0 Å². The fourth-order valence-corrected chi connectivity index (χ4v) is 1.67. The van der Waals surface area contributed by atoms with Gasteiger partial charge in [-0.25, -0.2) is 0 Å². The molecule has 1 aliphatic heterocycles. The fraction of sp³-hybridized carbons (Fsp3) is 0.900. The van der Waals surface area contributed by atoms with Crippen molar-refractivity contribution < 1.29 is 23.1 Å². The lowest BCUT2D eigenvalue weighted by atomic mass is 10.3. The van der Waals surface area contributed by atoms with Crippen LogP contribution in [0.4, 0.5) is 13.2 Å². The maximum atomic E-state index is 11.9. The summed E-state index contributed by atoms with van der Waals surface area (Å²) in [6, 6.07) is 0. The van der Waals surface area contributed by atoms with Gasteiger partial charge in [-0.1, -0.05) is 0 Å². The van der Waals surface area contributed by atoms with Crippen molar-refractivity contribution in [1.82, 2.24) is 10.2 Å². The summed E-state index contributed by atoms with van der Waals surface area (Å²) in [5, 5.41) is 11.1. The first-order valence-corrected chi connectivity index (χ1v) is 5.64. The van der Waals surface area contributed by atoms with Gasteiger partial charge in [-0.15, -0.1) is 0 Å². The molecule has 0 spiro atoms. The number of carbonyl (C=O) groups is 1. The molecular formula is C10H17F3N2O2. The third kappa shape index (κ3) is 4.91. The summed E-state index contributed by atoms with van der Waals surface area (Å²) in [5.74, 6) is -0.0449. The van der Waals surface area contributed by atoms with Gasteiger partial charge in [-0.3, -0.25) is 4.79 Å². The first kappa shape index (κ1) is 14.2. The Kier molecular flexibility index (Phi) is 5.20. The van der Waals surface area contributed by atoms with Gasteiger partial charge in [-0.05, 0) is 12.8 Å². The summed E-state index contributed by atoms with van der Waals surface area (Å²) in [7, 11) is 0. The lowest BCUT2D eigenvalue weighted by Gasteiger charge is -2.17. The van der Waals surface area contributed by atoms with Crippen molar-refractivity contribution in [2.75, 3.05) is 26.2 Å². The van der Waals surface area contributed by atoms with E-state index >= 15 is 0 Å².